The molecule has 19 heavy (non-hydrogen) atoms. The highest BCUT2D eigenvalue weighted by atomic mass is 32.2. The predicted octanol–water partition coefficient (Wildman–Crippen LogP) is 0.947. The van der Waals surface area contributed by atoms with Crippen LogP contribution in [0.2, 0.25) is 0 Å². The van der Waals surface area contributed by atoms with Crippen molar-refractivity contribution in [3.8, 4) is 0 Å². The molecule has 0 aliphatic carbocycles. The van der Waals surface area contributed by atoms with Crippen molar-refractivity contribution in [2.45, 2.75) is 30.8 Å². The van der Waals surface area contributed by atoms with Crippen molar-refractivity contribution < 1.29 is 22.3 Å². The van der Waals surface area contributed by atoms with Gasteiger partial charge in [-0.2, -0.15) is 4.37 Å². The first kappa shape index (κ1) is 16.1. The third kappa shape index (κ3) is 3.98. The Morgan fingerprint density at radius 1 is 1.53 bits per heavy atom. The maximum absolute atomic E-state index is 12.1. The molecule has 1 atom stereocenters. The van der Waals surface area contributed by atoms with Crippen LogP contribution in [0.3, 0.4) is 0 Å². The molecule has 0 aliphatic heterocycles. The quantitative estimate of drug-likeness (QED) is 0.692. The Labute approximate surface area is 113 Å². The molecule has 1 aromatic rings. The maximum atomic E-state index is 12.1. The van der Waals surface area contributed by atoms with Crippen molar-refractivity contribution >= 4 is 32.2 Å². The number of nitrogen functional groups attached to an aromatic ring is 1. The summed E-state index contributed by atoms with van der Waals surface area (Å²) in [6, 6.07) is 0. The van der Waals surface area contributed by atoms with E-state index < -0.39 is 28.9 Å². The number of aromatic nitrogens is 1. The van der Waals surface area contributed by atoms with Gasteiger partial charge in [0.05, 0.1) is 5.75 Å². The molecule has 0 radical (unpaired) electrons. The first-order valence-electron chi connectivity index (χ1n) is 5.47. The van der Waals surface area contributed by atoms with Crippen LogP contribution in [0.5, 0.6) is 0 Å². The van der Waals surface area contributed by atoms with E-state index in [9.17, 15) is 17.2 Å². The first-order valence-corrected chi connectivity index (χ1v) is 7.90. The van der Waals surface area contributed by atoms with Gasteiger partial charge in [-0.05, 0) is 18.0 Å². The number of aliphatic hydroxyl groups excluding tert-OH is 1. The van der Waals surface area contributed by atoms with E-state index in [0.717, 1.165) is 11.5 Å². The molecule has 0 bridgehead atoms. The van der Waals surface area contributed by atoms with Gasteiger partial charge in [0, 0.05) is 6.54 Å². The number of sulfone groups is 1. The number of anilines is 2. The molecule has 0 saturated carbocycles. The Bertz CT molecular complexity index is 519. The monoisotopic (exact) mass is 315 g/mol. The number of hydrogen-bond acceptors (Lipinski definition) is 7. The second kappa shape index (κ2) is 6.44. The zero-order chi connectivity index (χ0) is 14.6. The van der Waals surface area contributed by atoms with Gasteiger partial charge in [0.2, 0.25) is 0 Å². The normalized spacial score (nSPS) is 13.7. The first-order chi connectivity index (χ1) is 8.79. The number of rotatable bonds is 7. The van der Waals surface area contributed by atoms with Gasteiger partial charge in [0.15, 0.2) is 15.7 Å². The highest BCUT2D eigenvalue weighted by molar-refractivity contribution is 7.91. The van der Waals surface area contributed by atoms with Crippen molar-refractivity contribution in [1.82, 2.24) is 4.37 Å². The summed E-state index contributed by atoms with van der Waals surface area (Å²) < 4.78 is 51.9. The van der Waals surface area contributed by atoms with Crippen LogP contribution in [-0.2, 0) is 9.84 Å². The Morgan fingerprint density at radius 2 is 2.16 bits per heavy atom. The van der Waals surface area contributed by atoms with Crippen LogP contribution in [0.15, 0.2) is 4.90 Å². The molecule has 0 spiro atoms. The summed E-state index contributed by atoms with van der Waals surface area (Å²) in [6.07, 6.45) is -4.39. The van der Waals surface area contributed by atoms with E-state index in [-0.39, 0.29) is 21.5 Å². The molecule has 4 N–H and O–H groups in total. The summed E-state index contributed by atoms with van der Waals surface area (Å²) in [6.45, 7) is 1.22. The smallest absolute Gasteiger partial charge is 0.265 e. The summed E-state index contributed by atoms with van der Waals surface area (Å²) in [5.74, 6) is -0.269. The Kier molecular flexibility index (Phi) is 5.44. The molecule has 0 amide bonds. The van der Waals surface area contributed by atoms with Crippen LogP contribution in [0.4, 0.5) is 19.6 Å². The summed E-state index contributed by atoms with van der Waals surface area (Å²) in [5.41, 5.74) is 5.49. The van der Waals surface area contributed by atoms with Crippen LogP contribution in [-0.4, -0.2) is 42.7 Å². The summed E-state index contributed by atoms with van der Waals surface area (Å²) >= 11 is 0.761. The largest absolute Gasteiger partial charge is 0.385 e. The van der Waals surface area contributed by atoms with E-state index in [0.29, 0.717) is 6.42 Å². The van der Waals surface area contributed by atoms with Gasteiger partial charge >= 0.3 is 0 Å². The molecule has 1 rings (SSSR count). The molecule has 6 nitrogen and oxygen atoms in total. The molecule has 1 heterocycles. The van der Waals surface area contributed by atoms with E-state index in [1.54, 1.807) is 6.92 Å². The number of nitrogens with two attached hydrogens (primary N) is 1. The third-order valence-corrected chi connectivity index (χ3v) is 5.15. The number of nitrogens with one attached hydrogen (secondary N) is 1. The van der Waals surface area contributed by atoms with Crippen molar-refractivity contribution in [3.05, 3.63) is 0 Å². The maximum Gasteiger partial charge on any atom is 0.265 e. The van der Waals surface area contributed by atoms with Crippen molar-refractivity contribution in [3.63, 3.8) is 0 Å². The number of nitrogens with zero attached hydrogens (tertiary/aromatic N) is 1. The van der Waals surface area contributed by atoms with Crippen LogP contribution in [0.1, 0.15) is 13.3 Å². The van der Waals surface area contributed by atoms with Gasteiger partial charge < -0.3 is 16.2 Å². The predicted molar refractivity (Wildman–Crippen MR) is 69.4 cm³/mol. The summed E-state index contributed by atoms with van der Waals surface area (Å²) in [7, 11) is -3.61. The minimum Gasteiger partial charge on any atom is -0.385 e. The molecule has 0 saturated heterocycles. The van der Waals surface area contributed by atoms with Gasteiger partial charge in [-0.25, -0.2) is 17.2 Å². The lowest BCUT2D eigenvalue weighted by Gasteiger charge is -2.11. The minimum absolute atomic E-state index is 0.0747. The molecular weight excluding hydrogens is 300 g/mol. The number of hydrogen-bond donors (Lipinski definition) is 3. The highest BCUT2D eigenvalue weighted by Gasteiger charge is 2.26. The second-order valence-electron chi connectivity index (χ2n) is 3.83. The molecule has 110 valence electrons. The van der Waals surface area contributed by atoms with Crippen molar-refractivity contribution in [1.29, 1.82) is 0 Å². The van der Waals surface area contributed by atoms with Gasteiger partial charge in [-0.15, -0.1) is 0 Å². The fraction of sp³-hybridized carbons (Fsp3) is 0.667. The summed E-state index contributed by atoms with van der Waals surface area (Å²) in [4.78, 5) is -0.180. The third-order valence-electron chi connectivity index (χ3n) is 2.22. The van der Waals surface area contributed by atoms with Crippen LogP contribution >= 0.6 is 11.5 Å². The highest BCUT2D eigenvalue weighted by Crippen LogP contribution is 2.32. The standard InChI is InChI=1S/C9H15F2N3O3S2/c1-2-3-19(16,17)6-8(12)14-18-9(6)13-4-5(15)7(10)11/h5,7,13,15H,2-4H2,1H3,(H2,12,14). The Balaban J connectivity index is 2.93. The van der Waals surface area contributed by atoms with Gasteiger partial charge in [0.1, 0.15) is 16.0 Å². The van der Waals surface area contributed by atoms with Crippen molar-refractivity contribution in [2.75, 3.05) is 23.3 Å². The van der Waals surface area contributed by atoms with E-state index in [4.69, 9.17) is 10.8 Å². The Morgan fingerprint density at radius 3 is 2.68 bits per heavy atom. The lowest BCUT2D eigenvalue weighted by molar-refractivity contribution is 0.00386. The minimum atomic E-state index is -3.61. The summed E-state index contributed by atoms with van der Waals surface area (Å²) in [5, 5.41) is 11.5. The molecule has 0 aromatic carbocycles. The molecule has 1 aromatic heterocycles. The second-order valence-corrected chi connectivity index (χ2v) is 6.65. The van der Waals surface area contributed by atoms with E-state index in [1.165, 1.54) is 0 Å². The molecule has 1 unspecified atom stereocenters. The van der Waals surface area contributed by atoms with Crippen molar-refractivity contribution in [2.24, 2.45) is 0 Å². The van der Waals surface area contributed by atoms with Gasteiger partial charge in [-0.3, -0.25) is 0 Å². The van der Waals surface area contributed by atoms with Crippen LogP contribution in [0, 0.1) is 0 Å². The van der Waals surface area contributed by atoms with Crippen LogP contribution in [0.25, 0.3) is 0 Å². The van der Waals surface area contributed by atoms with E-state index in [1.807, 2.05) is 0 Å². The van der Waals surface area contributed by atoms with E-state index in [2.05, 4.69) is 9.69 Å². The molecule has 0 fully saturated rings. The van der Waals surface area contributed by atoms with Gasteiger partial charge in [0.25, 0.3) is 6.43 Å². The zero-order valence-corrected chi connectivity index (χ0v) is 11.8. The topological polar surface area (TPSA) is 105 Å². The number of aliphatic hydroxyl groups is 1. The lowest BCUT2D eigenvalue weighted by atomic mass is 10.4. The fourth-order valence-electron chi connectivity index (χ4n) is 1.36. The number of alkyl halides is 2. The molecule has 0 aliphatic rings. The van der Waals surface area contributed by atoms with Gasteiger partial charge in [-0.1, -0.05) is 6.92 Å². The van der Waals surface area contributed by atoms with Crippen LogP contribution < -0.4 is 11.1 Å². The van der Waals surface area contributed by atoms with E-state index >= 15 is 0 Å². The lowest BCUT2D eigenvalue weighted by Crippen LogP contribution is -2.27. The number of halogens is 2. The molecular formula is C9H15F2N3O3S2. The zero-order valence-electron chi connectivity index (χ0n) is 10.1. The average Bonchev–Trinajstić information content (AvgIpc) is 2.67. The molecule has 10 heteroatoms. The average molecular weight is 315 g/mol. The SMILES string of the molecule is CCCS(=O)(=O)c1c(N)nsc1NCC(O)C(F)F. The Hall–Kier alpha value is -1.00. The fourth-order valence-corrected chi connectivity index (χ4v) is 3.99.